The van der Waals surface area contributed by atoms with Crippen molar-refractivity contribution in [3.8, 4) is 5.75 Å². The molecule has 4 N–H and O–H groups in total. The number of benzene rings is 1. The van der Waals surface area contributed by atoms with Crippen molar-refractivity contribution < 1.29 is 10.2 Å². The highest BCUT2D eigenvalue weighted by Gasteiger charge is 2.24. The molecule has 5 nitrogen and oxygen atoms in total. The molecule has 1 aromatic carbocycles. The van der Waals surface area contributed by atoms with Gasteiger partial charge in [-0.05, 0) is 36.4 Å². The lowest BCUT2D eigenvalue weighted by molar-refractivity contribution is 0.266. The van der Waals surface area contributed by atoms with Crippen molar-refractivity contribution in [2.75, 3.05) is 5.32 Å². The summed E-state index contributed by atoms with van der Waals surface area (Å²) in [6.45, 7) is 0. The number of aliphatic hydroxyl groups is 1. The van der Waals surface area contributed by atoms with E-state index in [-0.39, 0.29) is 5.75 Å². The van der Waals surface area contributed by atoms with Crippen LogP contribution in [0, 0.1) is 0 Å². The lowest BCUT2D eigenvalue weighted by atomic mass is 10.0. The van der Waals surface area contributed by atoms with Crippen LogP contribution in [0.15, 0.2) is 42.7 Å². The highest BCUT2D eigenvalue weighted by molar-refractivity contribution is 5.99. The Hall–Kier alpha value is -2.79. The maximum Gasteiger partial charge on any atom is 0.151 e. The van der Waals surface area contributed by atoms with Gasteiger partial charge in [0, 0.05) is 40.2 Å². The number of hydrogen-bond acceptors (Lipinski definition) is 4. The number of aliphatic hydroxyl groups excluding tert-OH is 1. The predicted molar refractivity (Wildman–Crippen MR) is 81.7 cm³/mol. The Kier molecular flexibility index (Phi) is 2.49. The van der Waals surface area contributed by atoms with Crippen molar-refractivity contribution in [1.29, 1.82) is 0 Å². The molecule has 0 saturated heterocycles. The SMILES string of the molecule is Oc1ccc2c(c1)C(=Cc1c[nH]c3ncccc13)C(O)N2. The van der Waals surface area contributed by atoms with E-state index in [4.69, 9.17) is 0 Å². The van der Waals surface area contributed by atoms with Crippen LogP contribution in [0.4, 0.5) is 5.69 Å². The normalized spacial score (nSPS) is 18.9. The van der Waals surface area contributed by atoms with Gasteiger partial charge in [-0.1, -0.05) is 0 Å². The Morgan fingerprint density at radius 2 is 2.14 bits per heavy atom. The molecule has 0 amide bonds. The molecular weight excluding hydrogens is 266 g/mol. The highest BCUT2D eigenvalue weighted by atomic mass is 16.3. The van der Waals surface area contributed by atoms with Crippen LogP contribution in [-0.4, -0.2) is 26.4 Å². The van der Waals surface area contributed by atoms with Gasteiger partial charge in [-0.25, -0.2) is 4.98 Å². The molecule has 1 atom stereocenters. The van der Waals surface area contributed by atoms with Gasteiger partial charge in [0.15, 0.2) is 6.23 Å². The molecule has 1 aliphatic rings. The molecule has 0 radical (unpaired) electrons. The first-order valence-corrected chi connectivity index (χ1v) is 6.64. The second-order valence-electron chi connectivity index (χ2n) is 5.02. The second-order valence-corrected chi connectivity index (χ2v) is 5.02. The van der Waals surface area contributed by atoms with Gasteiger partial charge in [0.05, 0.1) is 0 Å². The fourth-order valence-electron chi connectivity index (χ4n) is 2.69. The third kappa shape index (κ3) is 1.86. The summed E-state index contributed by atoms with van der Waals surface area (Å²) in [6, 6.07) is 8.85. The molecular formula is C16H13N3O2. The zero-order valence-electron chi connectivity index (χ0n) is 11.0. The van der Waals surface area contributed by atoms with E-state index < -0.39 is 6.23 Å². The van der Waals surface area contributed by atoms with E-state index in [1.165, 1.54) is 0 Å². The fourth-order valence-corrected chi connectivity index (χ4v) is 2.69. The first-order valence-electron chi connectivity index (χ1n) is 6.64. The Morgan fingerprint density at radius 3 is 3.05 bits per heavy atom. The average molecular weight is 279 g/mol. The van der Waals surface area contributed by atoms with E-state index in [9.17, 15) is 10.2 Å². The van der Waals surface area contributed by atoms with E-state index in [1.807, 2.05) is 24.4 Å². The number of H-pyrrole nitrogens is 1. The van der Waals surface area contributed by atoms with E-state index in [0.717, 1.165) is 33.4 Å². The minimum absolute atomic E-state index is 0.177. The molecule has 21 heavy (non-hydrogen) atoms. The van der Waals surface area contributed by atoms with Crippen LogP contribution in [0.2, 0.25) is 0 Å². The molecule has 0 saturated carbocycles. The standard InChI is InChI=1S/C16H13N3O2/c20-10-3-4-14-12(7-10)13(16(21)19-14)6-9-8-18-15-11(9)2-1-5-17-15/h1-8,16,19-21H,(H,17,18). The number of nitrogens with zero attached hydrogens (tertiary/aromatic N) is 1. The lowest BCUT2D eigenvalue weighted by Gasteiger charge is -2.05. The number of pyridine rings is 1. The Bertz CT molecular complexity index is 867. The maximum absolute atomic E-state index is 10.2. The first kappa shape index (κ1) is 12.0. The van der Waals surface area contributed by atoms with E-state index in [1.54, 1.807) is 24.4 Å². The van der Waals surface area contributed by atoms with Gasteiger partial charge >= 0.3 is 0 Å². The minimum Gasteiger partial charge on any atom is -0.508 e. The number of aromatic hydroxyl groups is 1. The predicted octanol–water partition coefficient (Wildman–Crippen LogP) is 2.55. The van der Waals surface area contributed by atoms with E-state index in [2.05, 4.69) is 15.3 Å². The molecule has 0 fully saturated rings. The fraction of sp³-hybridized carbons (Fsp3) is 0.0625. The number of anilines is 1. The summed E-state index contributed by atoms with van der Waals surface area (Å²) < 4.78 is 0. The topological polar surface area (TPSA) is 81.2 Å². The van der Waals surface area contributed by atoms with Crippen molar-refractivity contribution >= 4 is 28.4 Å². The zero-order chi connectivity index (χ0) is 14.4. The minimum atomic E-state index is -0.788. The third-order valence-corrected chi connectivity index (χ3v) is 3.70. The number of hydrogen-bond donors (Lipinski definition) is 4. The zero-order valence-corrected chi connectivity index (χ0v) is 11.0. The summed E-state index contributed by atoms with van der Waals surface area (Å²) in [5.41, 5.74) is 4.10. The Labute approximate surface area is 120 Å². The van der Waals surface area contributed by atoms with Gasteiger partial charge in [0.1, 0.15) is 11.4 Å². The maximum atomic E-state index is 10.2. The lowest BCUT2D eigenvalue weighted by Crippen LogP contribution is -2.12. The third-order valence-electron chi connectivity index (χ3n) is 3.70. The van der Waals surface area contributed by atoms with E-state index in [0.29, 0.717) is 0 Å². The quantitative estimate of drug-likeness (QED) is 0.516. The van der Waals surface area contributed by atoms with Crippen LogP contribution in [0.3, 0.4) is 0 Å². The molecule has 4 rings (SSSR count). The largest absolute Gasteiger partial charge is 0.508 e. The van der Waals surface area contributed by atoms with Crippen LogP contribution in [0.1, 0.15) is 11.1 Å². The molecule has 0 spiro atoms. The van der Waals surface area contributed by atoms with Crippen molar-refractivity contribution in [3.05, 3.63) is 53.9 Å². The van der Waals surface area contributed by atoms with Crippen LogP contribution in [0.5, 0.6) is 5.75 Å². The molecule has 3 aromatic rings. The molecule has 104 valence electrons. The van der Waals surface area contributed by atoms with Crippen molar-refractivity contribution in [2.45, 2.75) is 6.23 Å². The molecule has 1 aliphatic heterocycles. The Morgan fingerprint density at radius 1 is 1.24 bits per heavy atom. The van der Waals surface area contributed by atoms with Gasteiger partial charge < -0.3 is 20.5 Å². The van der Waals surface area contributed by atoms with Crippen LogP contribution in [-0.2, 0) is 0 Å². The monoisotopic (exact) mass is 279 g/mol. The summed E-state index contributed by atoms with van der Waals surface area (Å²) in [5.74, 6) is 0.177. The van der Waals surface area contributed by atoms with Crippen molar-refractivity contribution in [3.63, 3.8) is 0 Å². The van der Waals surface area contributed by atoms with Crippen LogP contribution >= 0.6 is 0 Å². The van der Waals surface area contributed by atoms with E-state index >= 15 is 0 Å². The van der Waals surface area contributed by atoms with Crippen LogP contribution < -0.4 is 5.32 Å². The molecule has 0 bridgehead atoms. The number of aromatic nitrogens is 2. The Balaban J connectivity index is 1.88. The number of aromatic amines is 1. The summed E-state index contributed by atoms with van der Waals surface area (Å²) >= 11 is 0. The molecule has 5 heteroatoms. The number of phenolic OH excluding ortho intramolecular Hbond substituents is 1. The van der Waals surface area contributed by atoms with Gasteiger partial charge in [-0.2, -0.15) is 0 Å². The molecule has 2 aromatic heterocycles. The molecule has 0 aliphatic carbocycles. The van der Waals surface area contributed by atoms with Crippen molar-refractivity contribution in [2.24, 2.45) is 0 Å². The number of fused-ring (bicyclic) bond motifs is 2. The highest BCUT2D eigenvalue weighted by Crippen LogP contribution is 2.38. The van der Waals surface area contributed by atoms with Gasteiger partial charge in [-0.3, -0.25) is 0 Å². The second kappa shape index (κ2) is 4.36. The number of rotatable bonds is 1. The summed E-state index contributed by atoms with van der Waals surface area (Å²) in [6.07, 6.45) is 4.71. The summed E-state index contributed by atoms with van der Waals surface area (Å²) in [4.78, 5) is 7.36. The van der Waals surface area contributed by atoms with Crippen LogP contribution in [0.25, 0.3) is 22.7 Å². The number of phenols is 1. The molecule has 1 unspecified atom stereocenters. The van der Waals surface area contributed by atoms with Gasteiger partial charge in [-0.15, -0.1) is 0 Å². The average Bonchev–Trinajstić information content (AvgIpc) is 3.02. The van der Waals surface area contributed by atoms with Gasteiger partial charge in [0.25, 0.3) is 0 Å². The first-order chi connectivity index (χ1) is 10.2. The van der Waals surface area contributed by atoms with Crippen molar-refractivity contribution in [1.82, 2.24) is 9.97 Å². The smallest absolute Gasteiger partial charge is 0.151 e. The number of nitrogens with one attached hydrogen (secondary N) is 2. The molecule has 3 heterocycles. The summed E-state index contributed by atoms with van der Waals surface area (Å²) in [7, 11) is 0. The van der Waals surface area contributed by atoms with Gasteiger partial charge in [0.2, 0.25) is 0 Å². The summed E-state index contributed by atoms with van der Waals surface area (Å²) in [5, 5.41) is 23.8.